The number of nitrogens with two attached hydrogens (primary N) is 1. The zero-order chi connectivity index (χ0) is 13.3. The zero-order valence-electron chi connectivity index (χ0n) is 10.1. The Morgan fingerprint density at radius 1 is 1.50 bits per heavy atom. The first-order valence-corrected chi connectivity index (χ1v) is 5.68. The number of nitrogen functional groups attached to an aromatic ring is 1. The van der Waals surface area contributed by atoms with Gasteiger partial charge in [-0.3, -0.25) is 19.9 Å². The highest BCUT2D eigenvalue weighted by Gasteiger charge is 2.28. The second-order valence-electron chi connectivity index (χ2n) is 4.55. The third kappa shape index (κ3) is 2.17. The first-order chi connectivity index (χ1) is 8.52. The van der Waals surface area contributed by atoms with Gasteiger partial charge in [-0.05, 0) is 30.7 Å². The average molecular weight is 245 g/mol. The van der Waals surface area contributed by atoms with Crippen molar-refractivity contribution in [3.63, 3.8) is 0 Å². The van der Waals surface area contributed by atoms with Crippen molar-refractivity contribution in [2.75, 3.05) is 7.05 Å². The molecule has 0 spiro atoms. The van der Waals surface area contributed by atoms with E-state index in [0.717, 1.165) is 11.1 Å². The van der Waals surface area contributed by atoms with Crippen LogP contribution in [0.1, 0.15) is 16.7 Å². The van der Waals surface area contributed by atoms with Gasteiger partial charge in [-0.2, -0.15) is 0 Å². The molecule has 0 fully saturated rings. The van der Waals surface area contributed by atoms with Gasteiger partial charge in [0.25, 0.3) is 0 Å². The van der Waals surface area contributed by atoms with Gasteiger partial charge in [0.15, 0.2) is 6.29 Å². The zero-order valence-corrected chi connectivity index (χ0v) is 10.1. The van der Waals surface area contributed by atoms with Gasteiger partial charge in [0.05, 0.1) is 6.04 Å². The highest BCUT2D eigenvalue weighted by atomic mass is 16.2. The maximum atomic E-state index is 11.5. The molecular weight excluding hydrogens is 230 g/mol. The number of likely N-dealkylation sites (N-methyl/N-ethyl adjacent to an activating group) is 1. The van der Waals surface area contributed by atoms with Gasteiger partial charge in [0.1, 0.15) is 5.84 Å². The van der Waals surface area contributed by atoms with Crippen LogP contribution < -0.4 is 5.73 Å². The van der Waals surface area contributed by atoms with E-state index in [0.29, 0.717) is 24.8 Å². The normalized spacial score (nSPS) is 19.1. The first kappa shape index (κ1) is 12.4. The van der Waals surface area contributed by atoms with E-state index in [-0.39, 0.29) is 11.9 Å². The smallest absolute Gasteiger partial charge is 0.212 e. The summed E-state index contributed by atoms with van der Waals surface area (Å²) < 4.78 is 0. The van der Waals surface area contributed by atoms with E-state index in [2.05, 4.69) is 0 Å². The molecule has 1 aliphatic rings. The number of rotatable bonds is 3. The predicted octanol–water partition coefficient (Wildman–Crippen LogP) is 0.0952. The average Bonchev–Trinajstić information content (AvgIpc) is 2.36. The predicted molar refractivity (Wildman–Crippen MR) is 67.5 cm³/mol. The number of aldehydes is 1. The summed E-state index contributed by atoms with van der Waals surface area (Å²) in [5.74, 6) is -0.356. The highest BCUT2D eigenvalue weighted by molar-refractivity contribution is 6.27. The Labute approximate surface area is 105 Å². The number of hydrogen-bond donors (Lipinski definition) is 2. The van der Waals surface area contributed by atoms with Crippen molar-refractivity contribution in [2.24, 2.45) is 5.73 Å². The Morgan fingerprint density at radius 3 is 2.83 bits per heavy atom. The number of fused-ring (bicyclic) bond motifs is 1. The molecule has 0 saturated heterocycles. The van der Waals surface area contributed by atoms with Gasteiger partial charge >= 0.3 is 0 Å². The van der Waals surface area contributed by atoms with Crippen molar-refractivity contribution >= 4 is 17.9 Å². The van der Waals surface area contributed by atoms with E-state index < -0.39 is 5.78 Å². The second kappa shape index (κ2) is 4.70. The topological polar surface area (TPSA) is 87.2 Å². The maximum absolute atomic E-state index is 11.5. The molecule has 0 radical (unpaired) electrons. The lowest BCUT2D eigenvalue weighted by Crippen LogP contribution is -2.43. The van der Waals surface area contributed by atoms with Crippen LogP contribution in [0.4, 0.5) is 0 Å². The van der Waals surface area contributed by atoms with E-state index in [4.69, 9.17) is 11.1 Å². The molecule has 1 aromatic carbocycles. The van der Waals surface area contributed by atoms with Crippen LogP contribution >= 0.6 is 0 Å². The Bertz CT molecular complexity index is 525. The minimum absolute atomic E-state index is 0.0338. The van der Waals surface area contributed by atoms with Crippen LogP contribution in [-0.2, 0) is 22.6 Å². The van der Waals surface area contributed by atoms with Gasteiger partial charge in [-0.15, -0.1) is 0 Å². The largest absolute Gasteiger partial charge is 0.384 e. The molecule has 0 saturated carbocycles. The van der Waals surface area contributed by atoms with E-state index >= 15 is 0 Å². The fraction of sp³-hybridized carbons (Fsp3) is 0.308. The van der Waals surface area contributed by atoms with Crippen molar-refractivity contribution < 1.29 is 9.59 Å². The van der Waals surface area contributed by atoms with Crippen LogP contribution in [0, 0.1) is 5.41 Å². The third-order valence-corrected chi connectivity index (χ3v) is 3.33. The molecule has 1 aliphatic heterocycles. The van der Waals surface area contributed by atoms with Crippen LogP contribution in [0.3, 0.4) is 0 Å². The lowest BCUT2D eigenvalue weighted by Gasteiger charge is -2.32. The van der Waals surface area contributed by atoms with E-state index in [1.807, 2.05) is 24.1 Å². The molecule has 0 aliphatic carbocycles. The molecule has 0 bridgehead atoms. The quantitative estimate of drug-likeness (QED) is 0.342. The Morgan fingerprint density at radius 2 is 2.22 bits per heavy atom. The summed E-state index contributed by atoms with van der Waals surface area (Å²) in [6, 6.07) is 5.15. The lowest BCUT2D eigenvalue weighted by atomic mass is 9.91. The molecule has 1 aromatic rings. The molecule has 3 N–H and O–H groups in total. The number of ketones is 1. The minimum Gasteiger partial charge on any atom is -0.384 e. The summed E-state index contributed by atoms with van der Waals surface area (Å²) in [5.41, 5.74) is 8.23. The number of hydrogen-bond acceptors (Lipinski definition) is 4. The van der Waals surface area contributed by atoms with Crippen molar-refractivity contribution in [3.8, 4) is 0 Å². The van der Waals surface area contributed by atoms with Gasteiger partial charge in [-0.25, -0.2) is 0 Å². The second-order valence-corrected chi connectivity index (χ2v) is 4.55. The first-order valence-electron chi connectivity index (χ1n) is 5.68. The fourth-order valence-corrected chi connectivity index (χ4v) is 2.28. The number of nitrogens with zero attached hydrogens (tertiary/aromatic N) is 1. The molecule has 1 heterocycles. The van der Waals surface area contributed by atoms with Crippen molar-refractivity contribution in [3.05, 3.63) is 34.9 Å². The maximum Gasteiger partial charge on any atom is 0.212 e. The van der Waals surface area contributed by atoms with Crippen LogP contribution in [0.5, 0.6) is 0 Å². The molecule has 94 valence electrons. The van der Waals surface area contributed by atoms with Crippen LogP contribution in [0.25, 0.3) is 0 Å². The van der Waals surface area contributed by atoms with Gasteiger partial charge in [0.2, 0.25) is 5.78 Å². The molecule has 5 heteroatoms. The molecule has 0 aromatic heterocycles. The third-order valence-electron chi connectivity index (χ3n) is 3.33. The molecule has 0 amide bonds. The number of benzene rings is 1. The molecule has 2 rings (SSSR count). The molecule has 5 nitrogen and oxygen atoms in total. The van der Waals surface area contributed by atoms with Crippen LogP contribution in [0.15, 0.2) is 18.2 Å². The molecule has 1 atom stereocenters. The van der Waals surface area contributed by atoms with Crippen molar-refractivity contribution in [1.29, 1.82) is 5.41 Å². The Kier molecular flexibility index (Phi) is 3.25. The SMILES string of the molecule is CN1Cc2cc(C(=N)N)ccc2C[C@H]1C(=O)C=O. The molecule has 0 unspecified atom stereocenters. The summed E-state index contributed by atoms with van der Waals surface area (Å²) >= 11 is 0. The monoisotopic (exact) mass is 245 g/mol. The lowest BCUT2D eigenvalue weighted by molar-refractivity contribution is -0.133. The summed E-state index contributed by atoms with van der Waals surface area (Å²) in [7, 11) is 1.81. The standard InChI is InChI=1S/C13H15N3O2/c1-16-6-10-4-9(13(14)15)3-2-8(10)5-11(16)12(18)7-17/h2-4,7,11H,5-6H2,1H3,(H3,14,15)/t11-/m0/s1. The van der Waals surface area contributed by atoms with Crippen molar-refractivity contribution in [1.82, 2.24) is 4.90 Å². The summed E-state index contributed by atoms with van der Waals surface area (Å²) in [5, 5.41) is 7.40. The fourth-order valence-electron chi connectivity index (χ4n) is 2.28. The molecular formula is C13H15N3O2. The van der Waals surface area contributed by atoms with Crippen LogP contribution in [0.2, 0.25) is 0 Å². The van der Waals surface area contributed by atoms with Gasteiger partial charge in [0, 0.05) is 12.1 Å². The van der Waals surface area contributed by atoms with E-state index in [9.17, 15) is 9.59 Å². The Balaban J connectivity index is 2.33. The molecule has 18 heavy (non-hydrogen) atoms. The van der Waals surface area contributed by atoms with Gasteiger partial charge < -0.3 is 5.73 Å². The van der Waals surface area contributed by atoms with E-state index in [1.165, 1.54) is 0 Å². The van der Waals surface area contributed by atoms with Gasteiger partial charge in [-0.1, -0.05) is 12.1 Å². The summed E-state index contributed by atoms with van der Waals surface area (Å²) in [4.78, 5) is 23.9. The highest BCUT2D eigenvalue weighted by Crippen LogP contribution is 2.23. The minimum atomic E-state index is -0.390. The summed E-state index contributed by atoms with van der Waals surface area (Å²) in [6.45, 7) is 0.584. The number of Topliss-reactive ketones (excluding diaryl/α,β-unsaturated/α-hetero) is 1. The van der Waals surface area contributed by atoms with E-state index in [1.54, 1.807) is 6.07 Å². The van der Waals surface area contributed by atoms with Crippen molar-refractivity contribution in [2.45, 2.75) is 19.0 Å². The number of carbonyl (C=O) groups is 2. The summed E-state index contributed by atoms with van der Waals surface area (Å²) in [6.07, 6.45) is 0.914. The number of carbonyl (C=O) groups excluding carboxylic acids is 2. The Hall–Kier alpha value is -2.01. The van der Waals surface area contributed by atoms with Crippen LogP contribution in [-0.4, -0.2) is 35.9 Å². The number of amidine groups is 1. The number of nitrogens with one attached hydrogen (secondary N) is 1.